The van der Waals surface area contributed by atoms with Crippen molar-refractivity contribution in [1.29, 1.82) is 0 Å². The molecule has 0 saturated heterocycles. The molecular formula is C28H31F3. The van der Waals surface area contributed by atoms with Crippen LogP contribution in [0.3, 0.4) is 0 Å². The third kappa shape index (κ3) is 4.97. The summed E-state index contributed by atoms with van der Waals surface area (Å²) in [5.41, 5.74) is 2.92. The van der Waals surface area contributed by atoms with Gasteiger partial charge in [0.15, 0.2) is 11.6 Å². The maximum atomic E-state index is 14.5. The Kier molecular flexibility index (Phi) is 6.99. The minimum atomic E-state index is -1.13. The van der Waals surface area contributed by atoms with Crippen molar-refractivity contribution >= 4 is 10.8 Å². The molecule has 0 amide bonds. The van der Waals surface area contributed by atoms with Gasteiger partial charge in [0.2, 0.25) is 0 Å². The Morgan fingerprint density at radius 3 is 2.19 bits per heavy atom. The lowest BCUT2D eigenvalue weighted by atomic mass is 9.77. The molecule has 1 aliphatic carbocycles. The molecule has 31 heavy (non-hydrogen) atoms. The fourth-order valence-corrected chi connectivity index (χ4v) is 5.11. The van der Waals surface area contributed by atoms with Gasteiger partial charge in [-0.2, -0.15) is 0 Å². The predicted octanol–water partition coefficient (Wildman–Crippen LogP) is 9.17. The monoisotopic (exact) mass is 424 g/mol. The summed E-state index contributed by atoms with van der Waals surface area (Å²) in [7, 11) is 0. The first-order chi connectivity index (χ1) is 15.1. The van der Waals surface area contributed by atoms with Crippen LogP contribution in [0.5, 0.6) is 0 Å². The molecule has 3 aromatic rings. The molecular weight excluding hydrogens is 393 g/mol. The summed E-state index contributed by atoms with van der Waals surface area (Å²) < 4.78 is 41.9. The van der Waals surface area contributed by atoms with E-state index in [1.807, 2.05) is 12.1 Å². The molecule has 0 heterocycles. The Labute approximate surface area is 183 Å². The van der Waals surface area contributed by atoms with Crippen molar-refractivity contribution in [3.05, 3.63) is 71.5 Å². The Morgan fingerprint density at radius 2 is 1.48 bits per heavy atom. The Hall–Kier alpha value is -2.29. The van der Waals surface area contributed by atoms with Crippen LogP contribution in [0.4, 0.5) is 13.2 Å². The summed E-state index contributed by atoms with van der Waals surface area (Å²) >= 11 is 0. The van der Waals surface area contributed by atoms with Gasteiger partial charge in [-0.3, -0.25) is 0 Å². The second-order valence-corrected chi connectivity index (χ2v) is 9.11. The lowest BCUT2D eigenvalue weighted by Crippen LogP contribution is -2.13. The maximum absolute atomic E-state index is 14.5. The van der Waals surface area contributed by atoms with Crippen molar-refractivity contribution in [2.45, 2.75) is 70.6 Å². The van der Waals surface area contributed by atoms with Crippen molar-refractivity contribution in [3.8, 4) is 11.1 Å². The van der Waals surface area contributed by atoms with E-state index in [4.69, 9.17) is 0 Å². The third-order valence-corrected chi connectivity index (χ3v) is 6.99. The molecule has 0 aromatic heterocycles. The van der Waals surface area contributed by atoms with Gasteiger partial charge in [0.1, 0.15) is 5.82 Å². The molecule has 0 radical (unpaired) electrons. The number of halogens is 3. The molecule has 1 aliphatic rings. The molecule has 3 aromatic carbocycles. The highest BCUT2D eigenvalue weighted by Gasteiger charge is 2.22. The molecule has 0 atom stereocenters. The molecule has 164 valence electrons. The van der Waals surface area contributed by atoms with Crippen molar-refractivity contribution in [2.75, 3.05) is 0 Å². The van der Waals surface area contributed by atoms with Gasteiger partial charge >= 0.3 is 0 Å². The van der Waals surface area contributed by atoms with Crippen molar-refractivity contribution in [2.24, 2.45) is 5.92 Å². The molecule has 0 spiro atoms. The van der Waals surface area contributed by atoms with Gasteiger partial charge in [-0.25, -0.2) is 13.2 Å². The summed E-state index contributed by atoms with van der Waals surface area (Å²) in [6.45, 7) is 2.26. The zero-order chi connectivity index (χ0) is 21.8. The van der Waals surface area contributed by atoms with Gasteiger partial charge in [-0.1, -0.05) is 69.4 Å². The van der Waals surface area contributed by atoms with E-state index in [2.05, 4.69) is 19.1 Å². The van der Waals surface area contributed by atoms with Gasteiger partial charge < -0.3 is 0 Å². The van der Waals surface area contributed by atoms with Crippen LogP contribution < -0.4 is 0 Å². The van der Waals surface area contributed by atoms with Gasteiger partial charge in [0.25, 0.3) is 0 Å². The third-order valence-electron chi connectivity index (χ3n) is 6.99. The Morgan fingerprint density at radius 1 is 0.742 bits per heavy atom. The van der Waals surface area contributed by atoms with E-state index >= 15 is 0 Å². The van der Waals surface area contributed by atoms with Crippen LogP contribution in [0, 0.1) is 23.4 Å². The van der Waals surface area contributed by atoms with Crippen molar-refractivity contribution < 1.29 is 13.2 Å². The van der Waals surface area contributed by atoms with Gasteiger partial charge in [0, 0.05) is 0 Å². The summed E-state index contributed by atoms with van der Waals surface area (Å²) in [5, 5.41) is 0.0852. The van der Waals surface area contributed by atoms with Crippen LogP contribution >= 0.6 is 0 Å². The molecule has 0 nitrogen and oxygen atoms in total. The molecule has 1 fully saturated rings. The van der Waals surface area contributed by atoms with E-state index in [0.29, 0.717) is 16.9 Å². The van der Waals surface area contributed by atoms with E-state index in [9.17, 15) is 13.2 Å². The van der Waals surface area contributed by atoms with E-state index in [0.717, 1.165) is 17.5 Å². The first-order valence-corrected chi connectivity index (χ1v) is 11.7. The molecule has 0 aliphatic heterocycles. The van der Waals surface area contributed by atoms with Gasteiger partial charge in [-0.05, 0) is 77.8 Å². The molecule has 3 heteroatoms. The average Bonchev–Trinajstić information content (AvgIpc) is 2.79. The highest BCUT2D eigenvalue weighted by Crippen LogP contribution is 2.38. The molecule has 4 rings (SSSR count). The summed E-state index contributed by atoms with van der Waals surface area (Å²) in [6, 6.07) is 13.8. The van der Waals surface area contributed by atoms with E-state index < -0.39 is 17.5 Å². The first-order valence-electron chi connectivity index (χ1n) is 11.7. The number of benzene rings is 3. The van der Waals surface area contributed by atoms with Crippen molar-refractivity contribution in [1.82, 2.24) is 0 Å². The van der Waals surface area contributed by atoms with Gasteiger partial charge in [-0.15, -0.1) is 0 Å². The highest BCUT2D eigenvalue weighted by atomic mass is 19.2. The lowest BCUT2D eigenvalue weighted by molar-refractivity contribution is 0.302. The summed E-state index contributed by atoms with van der Waals surface area (Å²) in [4.78, 5) is 0. The van der Waals surface area contributed by atoms with Crippen LogP contribution in [-0.4, -0.2) is 0 Å². The number of unbranched alkanes of at least 4 members (excludes halogenated alkanes) is 3. The fraction of sp³-hybridized carbons (Fsp3) is 0.429. The topological polar surface area (TPSA) is 0 Å². The van der Waals surface area contributed by atoms with E-state index in [-0.39, 0.29) is 5.39 Å². The SMILES string of the molecule is CCCCCCC1CCC(c2ccc(-c3cc(F)c4c(F)c(F)ccc4c3)cc2)CC1. The fourth-order valence-electron chi connectivity index (χ4n) is 5.11. The normalized spacial score (nSPS) is 19.1. The number of fused-ring (bicyclic) bond motifs is 1. The van der Waals surface area contributed by atoms with E-state index in [1.54, 1.807) is 6.07 Å². The van der Waals surface area contributed by atoms with Crippen LogP contribution in [-0.2, 0) is 0 Å². The van der Waals surface area contributed by atoms with Crippen molar-refractivity contribution in [3.63, 3.8) is 0 Å². The number of rotatable bonds is 7. The smallest absolute Gasteiger partial charge is 0.169 e. The largest absolute Gasteiger partial charge is 0.206 e. The zero-order valence-electron chi connectivity index (χ0n) is 18.3. The maximum Gasteiger partial charge on any atom is 0.169 e. The average molecular weight is 425 g/mol. The highest BCUT2D eigenvalue weighted by molar-refractivity contribution is 5.88. The quantitative estimate of drug-likeness (QED) is 0.332. The second kappa shape index (κ2) is 9.89. The number of hydrogen-bond acceptors (Lipinski definition) is 0. The molecule has 0 unspecified atom stereocenters. The lowest BCUT2D eigenvalue weighted by Gasteiger charge is -2.29. The minimum absolute atomic E-state index is 0.285. The molecule has 0 bridgehead atoms. The second-order valence-electron chi connectivity index (χ2n) is 9.11. The molecule has 1 saturated carbocycles. The standard InChI is InChI=1S/C28H31F3/c1-2-3-4-5-6-19-7-9-20(10-8-19)21-11-13-22(14-12-21)24-17-23-15-16-25(29)28(31)27(23)26(30)18-24/h11-20H,2-10H2,1H3. The predicted molar refractivity (Wildman–Crippen MR) is 123 cm³/mol. The van der Waals surface area contributed by atoms with E-state index in [1.165, 1.54) is 75.5 Å². The zero-order valence-corrected chi connectivity index (χ0v) is 18.3. The van der Waals surface area contributed by atoms with Crippen LogP contribution in [0.1, 0.15) is 76.2 Å². The minimum Gasteiger partial charge on any atom is -0.206 e. The summed E-state index contributed by atoms with van der Waals surface area (Å²) in [5.74, 6) is -1.40. The Bertz CT molecular complexity index is 1010. The van der Waals surface area contributed by atoms with Crippen LogP contribution in [0.15, 0.2) is 48.5 Å². The molecule has 0 N–H and O–H groups in total. The Balaban J connectivity index is 1.43. The van der Waals surface area contributed by atoms with Gasteiger partial charge in [0.05, 0.1) is 5.39 Å². The first kappa shape index (κ1) is 21.9. The van der Waals surface area contributed by atoms with Crippen LogP contribution in [0.2, 0.25) is 0 Å². The number of hydrogen-bond donors (Lipinski definition) is 0. The van der Waals surface area contributed by atoms with Crippen LogP contribution in [0.25, 0.3) is 21.9 Å². The summed E-state index contributed by atoms with van der Waals surface area (Å²) in [6.07, 6.45) is 11.9.